The number of rotatable bonds is 4. The van der Waals surface area contributed by atoms with E-state index in [1.54, 1.807) is 0 Å². The summed E-state index contributed by atoms with van der Waals surface area (Å²) >= 11 is 0. The van der Waals surface area contributed by atoms with Gasteiger partial charge in [-0.3, -0.25) is 0 Å². The summed E-state index contributed by atoms with van der Waals surface area (Å²) in [5, 5.41) is 3.40. The summed E-state index contributed by atoms with van der Waals surface area (Å²) in [7, 11) is 0. The molecule has 3 nitrogen and oxygen atoms in total. The summed E-state index contributed by atoms with van der Waals surface area (Å²) in [6.45, 7) is 6.03. The lowest BCUT2D eigenvalue weighted by Crippen LogP contribution is -2.28. The number of nitrogens with one attached hydrogen (secondary N) is 1. The molecule has 0 bridgehead atoms. The van der Waals surface area contributed by atoms with Crippen molar-refractivity contribution in [3.8, 4) is 0 Å². The molecule has 0 aliphatic carbocycles. The Morgan fingerprint density at radius 2 is 2.31 bits per heavy atom. The Morgan fingerprint density at radius 3 is 3.08 bits per heavy atom. The molecule has 2 fully saturated rings. The number of hydrogen-bond acceptors (Lipinski definition) is 3. The van der Waals surface area contributed by atoms with Gasteiger partial charge >= 0.3 is 0 Å². The second-order valence-electron chi connectivity index (χ2n) is 4.03. The summed E-state index contributed by atoms with van der Waals surface area (Å²) in [5.41, 5.74) is 0. The minimum Gasteiger partial charge on any atom is -0.378 e. The Labute approximate surface area is 79.8 Å². The first-order valence-corrected chi connectivity index (χ1v) is 5.34. The number of ether oxygens (including phenoxy) is 2. The van der Waals surface area contributed by atoms with Crippen LogP contribution in [0.2, 0.25) is 0 Å². The molecule has 2 aliphatic heterocycles. The Bertz CT molecular complexity index is 151. The van der Waals surface area contributed by atoms with Crippen molar-refractivity contribution in [3.05, 3.63) is 0 Å². The van der Waals surface area contributed by atoms with E-state index in [0.717, 1.165) is 26.3 Å². The largest absolute Gasteiger partial charge is 0.378 e. The van der Waals surface area contributed by atoms with Crippen LogP contribution in [0.5, 0.6) is 0 Å². The minimum atomic E-state index is 0.397. The molecule has 0 radical (unpaired) electrons. The second-order valence-corrected chi connectivity index (χ2v) is 4.03. The molecule has 2 rings (SSSR count). The summed E-state index contributed by atoms with van der Waals surface area (Å²) in [4.78, 5) is 0. The predicted molar refractivity (Wildman–Crippen MR) is 50.7 cm³/mol. The second kappa shape index (κ2) is 4.40. The summed E-state index contributed by atoms with van der Waals surface area (Å²) in [6, 6.07) is 0. The molecular formula is C10H19NO2. The zero-order chi connectivity index (χ0) is 9.10. The van der Waals surface area contributed by atoms with Crippen molar-refractivity contribution >= 4 is 0 Å². The molecule has 2 aliphatic rings. The molecular weight excluding hydrogens is 166 g/mol. The lowest BCUT2D eigenvalue weighted by Gasteiger charge is -2.12. The van der Waals surface area contributed by atoms with E-state index in [2.05, 4.69) is 12.2 Å². The van der Waals surface area contributed by atoms with Crippen molar-refractivity contribution < 1.29 is 9.47 Å². The average Bonchev–Trinajstić information content (AvgIpc) is 2.64. The van der Waals surface area contributed by atoms with E-state index >= 15 is 0 Å². The van der Waals surface area contributed by atoms with Gasteiger partial charge in [0.05, 0.1) is 25.4 Å². The predicted octanol–water partition coefficient (Wildman–Crippen LogP) is 0.790. The van der Waals surface area contributed by atoms with Gasteiger partial charge in [0.2, 0.25) is 0 Å². The highest BCUT2D eigenvalue weighted by Gasteiger charge is 2.38. The van der Waals surface area contributed by atoms with Gasteiger partial charge < -0.3 is 14.8 Å². The highest BCUT2D eigenvalue weighted by Crippen LogP contribution is 2.30. The van der Waals surface area contributed by atoms with Crippen LogP contribution in [0, 0.1) is 5.92 Å². The summed E-state index contributed by atoms with van der Waals surface area (Å²) < 4.78 is 11.2. The van der Waals surface area contributed by atoms with Crippen molar-refractivity contribution in [1.29, 1.82) is 0 Å². The molecule has 0 aromatic carbocycles. The van der Waals surface area contributed by atoms with Gasteiger partial charge in [0.1, 0.15) is 0 Å². The maximum atomic E-state index is 5.84. The molecule has 0 aromatic heterocycles. The van der Waals surface area contributed by atoms with Crippen LogP contribution in [0.15, 0.2) is 0 Å². The number of hydrogen-bond donors (Lipinski definition) is 1. The van der Waals surface area contributed by atoms with Gasteiger partial charge in [0.15, 0.2) is 0 Å². The highest BCUT2D eigenvalue weighted by molar-refractivity contribution is 4.86. The smallest absolute Gasteiger partial charge is 0.0863 e. The average molecular weight is 185 g/mol. The van der Waals surface area contributed by atoms with Gasteiger partial charge in [-0.15, -0.1) is 0 Å². The lowest BCUT2D eigenvalue weighted by atomic mass is 10.0. The van der Waals surface area contributed by atoms with Gasteiger partial charge in [-0.2, -0.15) is 0 Å². The third-order valence-corrected chi connectivity index (χ3v) is 2.87. The van der Waals surface area contributed by atoms with E-state index < -0.39 is 0 Å². The van der Waals surface area contributed by atoms with Gasteiger partial charge in [-0.1, -0.05) is 6.92 Å². The molecule has 0 amide bonds. The molecule has 3 atom stereocenters. The van der Waals surface area contributed by atoms with Crippen LogP contribution in [0.25, 0.3) is 0 Å². The van der Waals surface area contributed by atoms with Crippen LogP contribution < -0.4 is 5.32 Å². The van der Waals surface area contributed by atoms with Crippen LogP contribution >= 0.6 is 0 Å². The molecule has 2 saturated heterocycles. The van der Waals surface area contributed by atoms with Gasteiger partial charge in [0.25, 0.3) is 0 Å². The zero-order valence-electron chi connectivity index (χ0n) is 8.29. The topological polar surface area (TPSA) is 30.5 Å². The standard InChI is InChI=1S/C10H19NO2/c1-2-3-11-5-9-4-8-6-12-7-10(8)13-9/h8-11H,2-7H2,1H3/t8-,9?,10+/m0/s1. The third-order valence-electron chi connectivity index (χ3n) is 2.87. The first kappa shape index (κ1) is 9.44. The minimum absolute atomic E-state index is 0.397. The molecule has 1 N–H and O–H groups in total. The molecule has 0 spiro atoms. The third kappa shape index (κ3) is 2.22. The van der Waals surface area contributed by atoms with E-state index in [1.807, 2.05) is 0 Å². The van der Waals surface area contributed by atoms with E-state index in [9.17, 15) is 0 Å². The summed E-state index contributed by atoms with van der Waals surface area (Å²) in [5.74, 6) is 0.674. The van der Waals surface area contributed by atoms with E-state index in [0.29, 0.717) is 18.1 Å². The Balaban J connectivity index is 1.67. The van der Waals surface area contributed by atoms with E-state index in [1.165, 1.54) is 12.8 Å². The maximum absolute atomic E-state index is 5.84. The first-order valence-electron chi connectivity index (χ1n) is 5.34. The van der Waals surface area contributed by atoms with Gasteiger partial charge in [0, 0.05) is 12.5 Å². The van der Waals surface area contributed by atoms with Crippen LogP contribution in [-0.2, 0) is 9.47 Å². The zero-order valence-corrected chi connectivity index (χ0v) is 8.29. The SMILES string of the molecule is CCCNCC1C[C@H]2COC[C@H]2O1. The molecule has 13 heavy (non-hydrogen) atoms. The quantitative estimate of drug-likeness (QED) is 0.657. The normalized spacial score (nSPS) is 38.1. The fourth-order valence-corrected chi connectivity index (χ4v) is 2.16. The Morgan fingerprint density at radius 1 is 1.38 bits per heavy atom. The van der Waals surface area contributed by atoms with Gasteiger partial charge in [-0.05, 0) is 19.4 Å². The monoisotopic (exact) mass is 185 g/mol. The van der Waals surface area contributed by atoms with Crippen molar-refractivity contribution in [1.82, 2.24) is 5.32 Å². The highest BCUT2D eigenvalue weighted by atomic mass is 16.6. The first-order chi connectivity index (χ1) is 6.40. The van der Waals surface area contributed by atoms with Crippen molar-refractivity contribution in [2.24, 2.45) is 5.92 Å². The molecule has 3 heteroatoms. The van der Waals surface area contributed by atoms with E-state index in [-0.39, 0.29) is 0 Å². The molecule has 76 valence electrons. The van der Waals surface area contributed by atoms with Crippen LogP contribution in [0.1, 0.15) is 19.8 Å². The molecule has 0 aromatic rings. The molecule has 1 unspecified atom stereocenters. The van der Waals surface area contributed by atoms with Crippen LogP contribution in [-0.4, -0.2) is 38.5 Å². The summed E-state index contributed by atoms with van der Waals surface area (Å²) in [6.07, 6.45) is 3.21. The van der Waals surface area contributed by atoms with Crippen molar-refractivity contribution in [2.75, 3.05) is 26.3 Å². The van der Waals surface area contributed by atoms with Crippen LogP contribution in [0.4, 0.5) is 0 Å². The van der Waals surface area contributed by atoms with Crippen molar-refractivity contribution in [3.63, 3.8) is 0 Å². The number of fused-ring (bicyclic) bond motifs is 1. The fourth-order valence-electron chi connectivity index (χ4n) is 2.16. The Kier molecular flexibility index (Phi) is 3.19. The molecule has 2 heterocycles. The van der Waals surface area contributed by atoms with Crippen molar-refractivity contribution in [2.45, 2.75) is 32.0 Å². The van der Waals surface area contributed by atoms with Crippen LogP contribution in [0.3, 0.4) is 0 Å². The lowest BCUT2D eigenvalue weighted by molar-refractivity contribution is 0.0206. The maximum Gasteiger partial charge on any atom is 0.0863 e. The fraction of sp³-hybridized carbons (Fsp3) is 1.00. The van der Waals surface area contributed by atoms with E-state index in [4.69, 9.17) is 9.47 Å². The molecule has 0 saturated carbocycles. The Hall–Kier alpha value is -0.120. The van der Waals surface area contributed by atoms with Gasteiger partial charge in [-0.25, -0.2) is 0 Å².